The minimum Gasteiger partial charge on any atom is -0.370 e. The van der Waals surface area contributed by atoms with E-state index in [4.69, 9.17) is 17.2 Å². The summed E-state index contributed by atoms with van der Waals surface area (Å²) < 4.78 is 2.42. The molecule has 0 amide bonds. The van der Waals surface area contributed by atoms with Crippen LogP contribution in [0.5, 0.6) is 0 Å². The third kappa shape index (κ3) is 5.96. The number of nitrogens with zero attached hydrogens (tertiary/aromatic N) is 3. The molecule has 5 rings (SSSR count). The van der Waals surface area contributed by atoms with Crippen molar-refractivity contribution in [3.8, 4) is 22.3 Å². The Kier molecular flexibility index (Phi) is 9.24. The fraction of sp³-hybridized carbons (Fsp3) is 0.314. The third-order valence-corrected chi connectivity index (χ3v) is 7.96. The number of aryl methyl sites for hydroxylation is 1. The van der Waals surface area contributed by atoms with Crippen LogP contribution in [0, 0.1) is 0 Å². The zero-order valence-corrected chi connectivity index (χ0v) is 24.5. The normalized spacial score (nSPS) is 11.4. The molecule has 0 aliphatic heterocycles. The summed E-state index contributed by atoms with van der Waals surface area (Å²) in [6.45, 7) is 10.6. The zero-order chi connectivity index (χ0) is 28.8. The lowest BCUT2D eigenvalue weighted by atomic mass is 9.99. The summed E-state index contributed by atoms with van der Waals surface area (Å²) in [5.41, 5.74) is 27.5. The molecular weight excluding hydrogens is 504 g/mol. The molecule has 0 spiro atoms. The fourth-order valence-corrected chi connectivity index (χ4v) is 6.05. The molecular formula is C35H44N6. The van der Waals surface area contributed by atoms with Gasteiger partial charge in [-0.25, -0.2) is 0 Å². The molecule has 1 heterocycles. The van der Waals surface area contributed by atoms with Crippen LogP contribution in [0.3, 0.4) is 0 Å². The SMILES string of the molecule is CCCN(CCN)c1cccc(-c2ccc3c(c2)c2cc(-c4cccc(N(CCN)CCN)c4)ccc2n3CC)c1. The second-order valence-corrected chi connectivity index (χ2v) is 10.6. The number of anilines is 2. The van der Waals surface area contributed by atoms with Crippen molar-refractivity contribution < 1.29 is 0 Å². The molecule has 0 aliphatic carbocycles. The maximum Gasteiger partial charge on any atom is 0.0491 e. The molecule has 6 nitrogen and oxygen atoms in total. The Bertz CT molecular complexity index is 1470. The highest BCUT2D eigenvalue weighted by molar-refractivity contribution is 6.10. The molecule has 0 unspecified atom stereocenters. The van der Waals surface area contributed by atoms with Gasteiger partial charge in [0.05, 0.1) is 0 Å². The predicted octanol–water partition coefficient (Wildman–Crippen LogP) is 6.05. The Morgan fingerprint density at radius 3 is 1.39 bits per heavy atom. The van der Waals surface area contributed by atoms with Gasteiger partial charge in [-0.15, -0.1) is 0 Å². The summed E-state index contributed by atoms with van der Waals surface area (Å²) in [5, 5.41) is 2.56. The van der Waals surface area contributed by atoms with Crippen LogP contribution in [-0.2, 0) is 6.54 Å². The summed E-state index contributed by atoms with van der Waals surface area (Å²) >= 11 is 0. The molecule has 214 valence electrons. The third-order valence-electron chi connectivity index (χ3n) is 7.96. The molecule has 0 bridgehead atoms. The van der Waals surface area contributed by atoms with Gasteiger partial charge in [0.25, 0.3) is 0 Å². The summed E-state index contributed by atoms with van der Waals surface area (Å²) in [5.74, 6) is 0. The zero-order valence-electron chi connectivity index (χ0n) is 24.5. The lowest BCUT2D eigenvalue weighted by molar-refractivity contribution is 0.763. The number of aromatic nitrogens is 1. The van der Waals surface area contributed by atoms with Gasteiger partial charge in [0, 0.05) is 85.5 Å². The molecule has 0 atom stereocenters. The minimum absolute atomic E-state index is 0.599. The van der Waals surface area contributed by atoms with Crippen molar-refractivity contribution >= 4 is 33.2 Å². The molecule has 5 aromatic rings. The van der Waals surface area contributed by atoms with Crippen molar-refractivity contribution in [3.63, 3.8) is 0 Å². The smallest absolute Gasteiger partial charge is 0.0491 e. The van der Waals surface area contributed by atoms with Crippen LogP contribution in [0.25, 0.3) is 44.1 Å². The van der Waals surface area contributed by atoms with Gasteiger partial charge in [-0.1, -0.05) is 43.3 Å². The maximum absolute atomic E-state index is 5.92. The van der Waals surface area contributed by atoms with Gasteiger partial charge in [0.1, 0.15) is 0 Å². The Morgan fingerprint density at radius 2 is 0.976 bits per heavy atom. The van der Waals surface area contributed by atoms with Crippen molar-refractivity contribution in [2.75, 3.05) is 55.6 Å². The van der Waals surface area contributed by atoms with Crippen molar-refractivity contribution in [2.45, 2.75) is 26.8 Å². The van der Waals surface area contributed by atoms with Crippen LogP contribution in [0.1, 0.15) is 20.3 Å². The van der Waals surface area contributed by atoms with Crippen LogP contribution in [0.4, 0.5) is 11.4 Å². The number of fused-ring (bicyclic) bond motifs is 3. The summed E-state index contributed by atoms with van der Waals surface area (Å²) in [4.78, 5) is 4.65. The molecule has 0 radical (unpaired) electrons. The first-order valence-corrected chi connectivity index (χ1v) is 15.0. The Labute approximate surface area is 244 Å². The summed E-state index contributed by atoms with van der Waals surface area (Å²) in [6, 6.07) is 31.3. The Hall–Kier alpha value is -3.84. The minimum atomic E-state index is 0.599. The highest BCUT2D eigenvalue weighted by Gasteiger charge is 2.14. The molecule has 1 aromatic heterocycles. The van der Waals surface area contributed by atoms with Gasteiger partial charge in [0.2, 0.25) is 0 Å². The second-order valence-electron chi connectivity index (χ2n) is 10.6. The van der Waals surface area contributed by atoms with Crippen molar-refractivity contribution in [1.29, 1.82) is 0 Å². The lowest BCUT2D eigenvalue weighted by Crippen LogP contribution is -2.33. The topological polar surface area (TPSA) is 89.5 Å². The van der Waals surface area contributed by atoms with E-state index in [-0.39, 0.29) is 0 Å². The quantitative estimate of drug-likeness (QED) is 0.167. The predicted molar refractivity (Wildman–Crippen MR) is 178 cm³/mol. The van der Waals surface area contributed by atoms with Gasteiger partial charge in [-0.05, 0) is 84.1 Å². The van der Waals surface area contributed by atoms with E-state index in [1.165, 1.54) is 49.7 Å². The van der Waals surface area contributed by atoms with Crippen LogP contribution in [0.15, 0.2) is 84.9 Å². The van der Waals surface area contributed by atoms with E-state index in [0.717, 1.165) is 44.8 Å². The van der Waals surface area contributed by atoms with E-state index in [9.17, 15) is 0 Å². The van der Waals surface area contributed by atoms with E-state index in [1.54, 1.807) is 0 Å². The van der Waals surface area contributed by atoms with E-state index in [2.05, 4.69) is 113 Å². The number of benzene rings is 4. The molecule has 41 heavy (non-hydrogen) atoms. The maximum atomic E-state index is 5.92. The molecule has 6 N–H and O–H groups in total. The van der Waals surface area contributed by atoms with Crippen molar-refractivity contribution in [3.05, 3.63) is 84.9 Å². The highest BCUT2D eigenvalue weighted by atomic mass is 15.1. The van der Waals surface area contributed by atoms with Gasteiger partial charge >= 0.3 is 0 Å². The van der Waals surface area contributed by atoms with E-state index in [0.29, 0.717) is 19.6 Å². The van der Waals surface area contributed by atoms with Gasteiger partial charge in [0.15, 0.2) is 0 Å². The first kappa shape index (κ1) is 28.7. The molecule has 0 aliphatic rings. The lowest BCUT2D eigenvalue weighted by Gasteiger charge is -2.24. The number of rotatable bonds is 13. The van der Waals surface area contributed by atoms with E-state index in [1.807, 2.05) is 0 Å². The summed E-state index contributed by atoms with van der Waals surface area (Å²) in [6.07, 6.45) is 1.09. The largest absolute Gasteiger partial charge is 0.370 e. The number of nitrogens with two attached hydrogens (primary N) is 3. The average molecular weight is 549 g/mol. The van der Waals surface area contributed by atoms with E-state index >= 15 is 0 Å². The average Bonchev–Trinajstić information content (AvgIpc) is 3.33. The first-order valence-electron chi connectivity index (χ1n) is 15.0. The molecule has 0 saturated carbocycles. The van der Waals surface area contributed by atoms with Crippen molar-refractivity contribution in [2.24, 2.45) is 17.2 Å². The molecule has 6 heteroatoms. The van der Waals surface area contributed by atoms with Crippen LogP contribution >= 0.6 is 0 Å². The Morgan fingerprint density at radius 1 is 0.537 bits per heavy atom. The Balaban J connectivity index is 1.59. The highest BCUT2D eigenvalue weighted by Crippen LogP contribution is 2.36. The standard InChI is InChI=1S/C35H44N6/c1-3-18-39(19-15-36)30-9-5-7-26(22-30)28-11-13-34-32(24-28)33-25-29(12-14-35(33)41(34)4-2)27-8-6-10-31(23-27)40(20-16-37)21-17-38/h5-14,22-25H,3-4,15-21,36-38H2,1-2H3. The fourth-order valence-electron chi connectivity index (χ4n) is 6.05. The monoisotopic (exact) mass is 548 g/mol. The molecule has 4 aromatic carbocycles. The summed E-state index contributed by atoms with van der Waals surface area (Å²) in [7, 11) is 0. The first-order chi connectivity index (χ1) is 20.1. The van der Waals surface area contributed by atoms with E-state index < -0.39 is 0 Å². The number of hydrogen-bond acceptors (Lipinski definition) is 5. The molecule has 0 fully saturated rings. The molecule has 0 saturated heterocycles. The van der Waals surface area contributed by atoms with Crippen molar-refractivity contribution in [1.82, 2.24) is 4.57 Å². The van der Waals surface area contributed by atoms with Crippen LogP contribution in [0.2, 0.25) is 0 Å². The number of hydrogen-bond donors (Lipinski definition) is 3. The van der Waals surface area contributed by atoms with Gasteiger partial charge in [-0.2, -0.15) is 0 Å². The second kappa shape index (κ2) is 13.2. The van der Waals surface area contributed by atoms with Gasteiger partial charge < -0.3 is 31.6 Å². The van der Waals surface area contributed by atoms with Crippen LogP contribution in [-0.4, -0.2) is 50.4 Å². The van der Waals surface area contributed by atoms with Crippen LogP contribution < -0.4 is 27.0 Å². The van der Waals surface area contributed by atoms with Gasteiger partial charge in [-0.3, -0.25) is 0 Å².